The van der Waals surface area contributed by atoms with E-state index in [0.29, 0.717) is 24.4 Å². The van der Waals surface area contributed by atoms with Gasteiger partial charge in [-0.05, 0) is 26.0 Å². The molecule has 0 aromatic carbocycles. The molecule has 1 atom stereocenters. The maximum absolute atomic E-state index is 12.0. The van der Waals surface area contributed by atoms with Gasteiger partial charge in [0.2, 0.25) is 0 Å². The Morgan fingerprint density at radius 2 is 2.16 bits per heavy atom. The average Bonchev–Trinajstić information content (AvgIpc) is 3.20. The summed E-state index contributed by atoms with van der Waals surface area (Å²) in [4.78, 5) is 19.1. The Hall–Kier alpha value is -2.67. The van der Waals surface area contributed by atoms with E-state index in [2.05, 4.69) is 23.0 Å². The first-order valence-corrected chi connectivity index (χ1v) is 8.42. The van der Waals surface area contributed by atoms with Crippen molar-refractivity contribution in [2.45, 2.75) is 19.9 Å². The molecular weight excluding hydrogens is 318 g/mol. The van der Waals surface area contributed by atoms with Crippen LogP contribution in [0.25, 0.3) is 17.0 Å². The lowest BCUT2D eigenvalue weighted by molar-refractivity contribution is 0.0985. The van der Waals surface area contributed by atoms with Crippen molar-refractivity contribution in [1.29, 1.82) is 0 Å². The highest BCUT2D eigenvalue weighted by molar-refractivity contribution is 6.00. The lowest BCUT2D eigenvalue weighted by Gasteiger charge is -2.34. The summed E-state index contributed by atoms with van der Waals surface area (Å²) in [5, 5.41) is 4.28. The molecule has 3 aromatic heterocycles. The highest BCUT2D eigenvalue weighted by Gasteiger charge is 2.23. The topological polar surface area (TPSA) is 64.7 Å². The summed E-state index contributed by atoms with van der Waals surface area (Å²) in [6.07, 6.45) is 3.67. The van der Waals surface area contributed by atoms with Crippen LogP contribution in [0.1, 0.15) is 24.2 Å². The number of Topliss-reactive ketones (excluding diaryl/α,β-unsaturated/α-hetero) is 1. The number of fused-ring (bicyclic) bond motifs is 1. The molecule has 25 heavy (non-hydrogen) atoms. The van der Waals surface area contributed by atoms with E-state index in [4.69, 9.17) is 9.72 Å². The lowest BCUT2D eigenvalue weighted by Crippen LogP contribution is -2.44. The van der Waals surface area contributed by atoms with Crippen molar-refractivity contribution in [1.82, 2.24) is 19.2 Å². The second-order valence-electron chi connectivity index (χ2n) is 6.44. The molecule has 7 nitrogen and oxygen atoms in total. The smallest absolute Gasteiger partial charge is 0.163 e. The van der Waals surface area contributed by atoms with Gasteiger partial charge in [-0.25, -0.2) is 4.98 Å². The van der Waals surface area contributed by atoms with Crippen molar-refractivity contribution in [2.75, 3.05) is 24.7 Å². The predicted octanol–water partition coefficient (Wildman–Crippen LogP) is 2.16. The zero-order valence-electron chi connectivity index (χ0n) is 14.6. The van der Waals surface area contributed by atoms with E-state index >= 15 is 0 Å². The molecule has 1 aliphatic heterocycles. The molecule has 0 aliphatic carbocycles. The molecule has 1 saturated heterocycles. The molecule has 0 amide bonds. The molecule has 0 N–H and O–H groups in total. The highest BCUT2D eigenvalue weighted by atomic mass is 16.5. The number of ketones is 1. The third kappa shape index (κ3) is 2.60. The highest BCUT2D eigenvalue weighted by Crippen LogP contribution is 2.28. The zero-order valence-corrected chi connectivity index (χ0v) is 14.6. The van der Waals surface area contributed by atoms with Gasteiger partial charge in [-0.3, -0.25) is 13.9 Å². The van der Waals surface area contributed by atoms with Gasteiger partial charge < -0.3 is 9.64 Å². The Bertz CT molecular complexity index is 942. The fourth-order valence-electron chi connectivity index (χ4n) is 3.38. The van der Waals surface area contributed by atoms with Crippen molar-refractivity contribution in [3.05, 3.63) is 36.2 Å². The molecule has 0 bridgehead atoms. The molecule has 130 valence electrons. The summed E-state index contributed by atoms with van der Waals surface area (Å²) in [5.74, 6) is 0.874. The fraction of sp³-hybridized carbons (Fsp3) is 0.389. The molecule has 0 spiro atoms. The van der Waals surface area contributed by atoms with E-state index in [1.807, 2.05) is 34.5 Å². The molecule has 1 fully saturated rings. The van der Waals surface area contributed by atoms with Crippen LogP contribution in [-0.4, -0.2) is 50.7 Å². The molecule has 0 radical (unpaired) electrons. The van der Waals surface area contributed by atoms with Crippen LogP contribution < -0.4 is 4.90 Å². The van der Waals surface area contributed by atoms with Crippen LogP contribution in [0.15, 0.2) is 30.6 Å². The Morgan fingerprint density at radius 3 is 2.84 bits per heavy atom. The number of hydrogen-bond acceptors (Lipinski definition) is 5. The van der Waals surface area contributed by atoms with Crippen LogP contribution >= 0.6 is 0 Å². The molecule has 3 aromatic rings. The second kappa shape index (κ2) is 6.00. The Labute approximate surface area is 145 Å². The van der Waals surface area contributed by atoms with Gasteiger partial charge in [0.15, 0.2) is 11.4 Å². The first-order valence-electron chi connectivity index (χ1n) is 8.42. The second-order valence-corrected chi connectivity index (χ2v) is 6.44. The van der Waals surface area contributed by atoms with Gasteiger partial charge in [-0.1, -0.05) is 0 Å². The van der Waals surface area contributed by atoms with Crippen molar-refractivity contribution >= 4 is 17.2 Å². The van der Waals surface area contributed by atoms with E-state index in [9.17, 15) is 4.79 Å². The number of morpholine rings is 1. The monoisotopic (exact) mass is 339 g/mol. The molecular formula is C18H21N5O2. The fourth-order valence-corrected chi connectivity index (χ4v) is 3.38. The van der Waals surface area contributed by atoms with Crippen molar-refractivity contribution in [3.63, 3.8) is 0 Å². The molecule has 0 unspecified atom stereocenters. The van der Waals surface area contributed by atoms with Gasteiger partial charge >= 0.3 is 0 Å². The average molecular weight is 339 g/mol. The molecule has 0 saturated carbocycles. The summed E-state index contributed by atoms with van der Waals surface area (Å²) in [7, 11) is 1.91. The standard InChI is InChI=1S/C18H21N5O2/c1-12-11-25-9-8-22(12)17-10-16(15-4-6-19-21(15)3)23-7-5-14(13(2)24)18(23)20-17/h4-7,10,12H,8-9,11H2,1-3H3/t12-/m1/s1. The number of aromatic nitrogens is 4. The number of anilines is 1. The van der Waals surface area contributed by atoms with E-state index in [1.165, 1.54) is 0 Å². The third-order valence-corrected chi connectivity index (χ3v) is 4.73. The van der Waals surface area contributed by atoms with Crippen LogP contribution in [0.3, 0.4) is 0 Å². The number of nitrogens with zero attached hydrogens (tertiary/aromatic N) is 5. The van der Waals surface area contributed by atoms with Gasteiger partial charge in [0.05, 0.1) is 36.2 Å². The first-order chi connectivity index (χ1) is 12.1. The quantitative estimate of drug-likeness (QED) is 0.684. The van der Waals surface area contributed by atoms with E-state index in [-0.39, 0.29) is 11.8 Å². The minimum atomic E-state index is 0.0122. The summed E-state index contributed by atoms with van der Waals surface area (Å²) in [6, 6.07) is 6.10. The van der Waals surface area contributed by atoms with Crippen LogP contribution in [0.5, 0.6) is 0 Å². The largest absolute Gasteiger partial charge is 0.377 e. The minimum absolute atomic E-state index is 0.0122. The molecule has 4 rings (SSSR count). The summed E-state index contributed by atoms with van der Waals surface area (Å²) in [6.45, 7) is 5.84. The lowest BCUT2D eigenvalue weighted by atomic mass is 10.2. The van der Waals surface area contributed by atoms with Crippen LogP contribution in [0.2, 0.25) is 0 Å². The van der Waals surface area contributed by atoms with Crippen LogP contribution in [-0.2, 0) is 11.8 Å². The Balaban J connectivity index is 1.96. The van der Waals surface area contributed by atoms with Gasteiger partial charge in [0.1, 0.15) is 5.82 Å². The van der Waals surface area contributed by atoms with E-state index in [0.717, 1.165) is 23.8 Å². The Kier molecular flexibility index (Phi) is 3.80. The number of carbonyl (C=O) groups excluding carboxylic acids is 1. The number of rotatable bonds is 3. The van der Waals surface area contributed by atoms with Crippen molar-refractivity contribution in [3.8, 4) is 11.4 Å². The Morgan fingerprint density at radius 1 is 1.32 bits per heavy atom. The maximum atomic E-state index is 12.0. The number of carbonyl (C=O) groups is 1. The van der Waals surface area contributed by atoms with Gasteiger partial charge in [0.25, 0.3) is 0 Å². The number of ether oxygens (including phenoxy) is 1. The number of hydrogen-bond donors (Lipinski definition) is 0. The zero-order chi connectivity index (χ0) is 17.6. The van der Waals surface area contributed by atoms with Crippen molar-refractivity contribution < 1.29 is 9.53 Å². The SMILES string of the molecule is CC(=O)c1ccn2c(-c3ccnn3C)cc(N3CCOC[C@H]3C)nc12. The summed E-state index contributed by atoms with van der Waals surface area (Å²) >= 11 is 0. The van der Waals surface area contributed by atoms with Crippen LogP contribution in [0.4, 0.5) is 5.82 Å². The molecule has 7 heteroatoms. The van der Waals surface area contributed by atoms with Crippen LogP contribution in [0, 0.1) is 0 Å². The maximum Gasteiger partial charge on any atom is 0.163 e. The van der Waals surface area contributed by atoms with Gasteiger partial charge in [-0.2, -0.15) is 5.10 Å². The van der Waals surface area contributed by atoms with E-state index < -0.39 is 0 Å². The first kappa shape index (κ1) is 15.8. The molecule has 4 heterocycles. The van der Waals surface area contributed by atoms with Gasteiger partial charge in [0, 0.05) is 32.1 Å². The number of aryl methyl sites for hydroxylation is 1. The third-order valence-electron chi connectivity index (χ3n) is 4.73. The van der Waals surface area contributed by atoms with Crippen molar-refractivity contribution in [2.24, 2.45) is 7.05 Å². The minimum Gasteiger partial charge on any atom is -0.377 e. The summed E-state index contributed by atoms with van der Waals surface area (Å²) in [5.41, 5.74) is 3.25. The summed E-state index contributed by atoms with van der Waals surface area (Å²) < 4.78 is 9.34. The molecule has 1 aliphatic rings. The normalized spacial score (nSPS) is 18.0. The predicted molar refractivity (Wildman–Crippen MR) is 95.0 cm³/mol. The van der Waals surface area contributed by atoms with Gasteiger partial charge in [-0.15, -0.1) is 0 Å². The van der Waals surface area contributed by atoms with E-state index in [1.54, 1.807) is 13.1 Å².